The van der Waals surface area contributed by atoms with Crippen molar-refractivity contribution >= 4 is 5.69 Å². The summed E-state index contributed by atoms with van der Waals surface area (Å²) in [6.07, 6.45) is 1.55. The molecule has 1 aromatic carbocycles. The summed E-state index contributed by atoms with van der Waals surface area (Å²) in [4.78, 5) is 9.81. The van der Waals surface area contributed by atoms with Crippen molar-refractivity contribution in [3.8, 4) is 0 Å². The molecular weight excluding hydrogens is 270 g/mol. The summed E-state index contributed by atoms with van der Waals surface area (Å²) in [5.74, 6) is -1.94. The minimum Gasteiger partial charge on any atom is -0.381 e. The van der Waals surface area contributed by atoms with E-state index >= 15 is 0 Å². The van der Waals surface area contributed by atoms with E-state index in [0.717, 1.165) is 18.9 Å². The lowest BCUT2D eigenvalue weighted by Gasteiger charge is -2.34. The van der Waals surface area contributed by atoms with Crippen molar-refractivity contribution in [2.75, 3.05) is 13.2 Å². The highest BCUT2D eigenvalue weighted by Gasteiger charge is 2.27. The van der Waals surface area contributed by atoms with E-state index in [1.807, 2.05) is 6.92 Å². The largest absolute Gasteiger partial charge is 0.381 e. The molecule has 20 heavy (non-hydrogen) atoms. The van der Waals surface area contributed by atoms with E-state index < -0.39 is 22.2 Å². The first-order valence-corrected chi connectivity index (χ1v) is 6.36. The molecule has 1 saturated heterocycles. The Labute approximate surface area is 115 Å². The van der Waals surface area contributed by atoms with Crippen LogP contribution in [0.2, 0.25) is 0 Å². The van der Waals surface area contributed by atoms with Gasteiger partial charge in [0.25, 0.3) is 0 Å². The Morgan fingerprint density at radius 2 is 2.00 bits per heavy atom. The van der Waals surface area contributed by atoms with E-state index in [0.29, 0.717) is 19.3 Å². The number of hydrogen-bond donors (Lipinski definition) is 1. The molecule has 1 aliphatic rings. The Bertz CT molecular complexity index is 517. The molecule has 0 bridgehead atoms. The maximum atomic E-state index is 13.6. The van der Waals surface area contributed by atoms with Crippen molar-refractivity contribution in [1.29, 1.82) is 0 Å². The first-order chi connectivity index (χ1) is 9.41. The van der Waals surface area contributed by atoms with Gasteiger partial charge >= 0.3 is 5.69 Å². The third-order valence-electron chi connectivity index (χ3n) is 3.61. The summed E-state index contributed by atoms with van der Waals surface area (Å²) in [7, 11) is 0. The molecule has 7 heteroatoms. The fraction of sp³-hybridized carbons (Fsp3) is 0.538. The summed E-state index contributed by atoms with van der Waals surface area (Å²) in [5, 5.41) is 13.8. The van der Waals surface area contributed by atoms with E-state index in [4.69, 9.17) is 4.74 Å². The number of ether oxygens (including phenoxy) is 1. The zero-order valence-corrected chi connectivity index (χ0v) is 11.1. The average molecular weight is 286 g/mol. The smallest absolute Gasteiger partial charge is 0.305 e. The minimum absolute atomic E-state index is 0.0887. The van der Waals surface area contributed by atoms with Gasteiger partial charge in [-0.15, -0.1) is 0 Å². The van der Waals surface area contributed by atoms with Crippen LogP contribution in [0.25, 0.3) is 0 Å². The van der Waals surface area contributed by atoms with E-state index in [2.05, 4.69) is 5.32 Å². The average Bonchev–Trinajstić information content (AvgIpc) is 2.38. The zero-order valence-electron chi connectivity index (χ0n) is 11.1. The van der Waals surface area contributed by atoms with Crippen LogP contribution >= 0.6 is 0 Å². The van der Waals surface area contributed by atoms with E-state index in [1.54, 1.807) is 0 Å². The van der Waals surface area contributed by atoms with Gasteiger partial charge in [0.15, 0.2) is 0 Å². The van der Waals surface area contributed by atoms with Gasteiger partial charge in [-0.2, -0.15) is 4.39 Å². The van der Waals surface area contributed by atoms with Gasteiger partial charge in [0.1, 0.15) is 5.82 Å². The Morgan fingerprint density at radius 1 is 1.35 bits per heavy atom. The number of nitrogens with zero attached hydrogens (tertiary/aromatic N) is 1. The topological polar surface area (TPSA) is 64.4 Å². The van der Waals surface area contributed by atoms with Gasteiger partial charge in [0, 0.05) is 43.0 Å². The molecule has 5 nitrogen and oxygen atoms in total. The van der Waals surface area contributed by atoms with E-state index in [-0.39, 0.29) is 17.6 Å². The quantitative estimate of drug-likeness (QED) is 0.682. The van der Waals surface area contributed by atoms with E-state index in [1.165, 1.54) is 0 Å². The van der Waals surface area contributed by atoms with Crippen molar-refractivity contribution in [2.24, 2.45) is 0 Å². The molecule has 1 aromatic rings. The lowest BCUT2D eigenvalue weighted by molar-refractivity contribution is -0.387. The monoisotopic (exact) mass is 286 g/mol. The summed E-state index contributed by atoms with van der Waals surface area (Å²) in [5.41, 5.74) is -0.820. The molecule has 0 atom stereocenters. The summed E-state index contributed by atoms with van der Waals surface area (Å²) < 4.78 is 32.1. The molecule has 1 aliphatic heterocycles. The molecule has 0 unspecified atom stereocenters. The molecule has 1 N–H and O–H groups in total. The van der Waals surface area contributed by atoms with Crippen molar-refractivity contribution in [1.82, 2.24) is 5.32 Å². The maximum Gasteiger partial charge on any atom is 0.305 e. The first-order valence-electron chi connectivity index (χ1n) is 6.36. The molecule has 1 fully saturated rings. The highest BCUT2D eigenvalue weighted by molar-refractivity contribution is 5.37. The molecule has 2 rings (SSSR count). The van der Waals surface area contributed by atoms with Crippen LogP contribution < -0.4 is 5.32 Å². The molecule has 0 saturated carbocycles. The Kier molecular flexibility index (Phi) is 4.29. The standard InChI is InChI=1S/C13H16F2N2O3/c1-13(2-4-20-5-3-13)16-8-9-6-12(17(18)19)11(15)7-10(9)14/h6-7,16H,2-5,8H2,1H3. The van der Waals surface area contributed by atoms with Crippen molar-refractivity contribution < 1.29 is 18.4 Å². The lowest BCUT2D eigenvalue weighted by atomic mass is 9.92. The number of nitro benzene ring substituents is 1. The van der Waals surface area contributed by atoms with Gasteiger partial charge in [0.2, 0.25) is 5.82 Å². The molecular formula is C13H16F2N2O3. The van der Waals surface area contributed by atoms with Crippen LogP contribution in [0.3, 0.4) is 0 Å². The normalized spacial score (nSPS) is 17.9. The number of nitro groups is 1. The summed E-state index contributed by atoms with van der Waals surface area (Å²) in [6.45, 7) is 3.35. The summed E-state index contributed by atoms with van der Waals surface area (Å²) in [6, 6.07) is 1.50. The van der Waals surface area contributed by atoms with Crippen LogP contribution in [0, 0.1) is 21.7 Å². The van der Waals surface area contributed by atoms with Gasteiger partial charge in [-0.05, 0) is 19.8 Å². The van der Waals surface area contributed by atoms with Gasteiger partial charge in [-0.3, -0.25) is 10.1 Å². The molecule has 0 amide bonds. The lowest BCUT2D eigenvalue weighted by Crippen LogP contribution is -2.46. The Balaban J connectivity index is 2.12. The van der Waals surface area contributed by atoms with Crippen molar-refractivity contribution in [2.45, 2.75) is 31.8 Å². The second-order valence-corrected chi connectivity index (χ2v) is 5.18. The Hall–Kier alpha value is -1.60. The fourth-order valence-electron chi connectivity index (χ4n) is 2.16. The predicted octanol–water partition coefficient (Wildman–Crippen LogP) is 2.53. The molecule has 1 heterocycles. The number of halogens is 2. The van der Waals surface area contributed by atoms with Gasteiger partial charge in [-0.1, -0.05) is 0 Å². The molecule has 0 aromatic heterocycles. The highest BCUT2D eigenvalue weighted by atomic mass is 19.1. The SMILES string of the molecule is CC1(NCc2cc([N+](=O)[O-])c(F)cc2F)CCOCC1. The Morgan fingerprint density at radius 3 is 2.60 bits per heavy atom. The van der Waals surface area contributed by atoms with Crippen LogP contribution in [-0.4, -0.2) is 23.7 Å². The fourth-order valence-corrected chi connectivity index (χ4v) is 2.16. The third-order valence-corrected chi connectivity index (χ3v) is 3.61. The zero-order chi connectivity index (χ0) is 14.8. The van der Waals surface area contributed by atoms with Crippen LogP contribution in [0.15, 0.2) is 12.1 Å². The van der Waals surface area contributed by atoms with Crippen LogP contribution in [0.4, 0.5) is 14.5 Å². The van der Waals surface area contributed by atoms with Crippen LogP contribution in [0.1, 0.15) is 25.3 Å². The second-order valence-electron chi connectivity index (χ2n) is 5.18. The number of benzene rings is 1. The maximum absolute atomic E-state index is 13.6. The van der Waals surface area contributed by atoms with Crippen LogP contribution in [0.5, 0.6) is 0 Å². The van der Waals surface area contributed by atoms with Crippen LogP contribution in [-0.2, 0) is 11.3 Å². The van der Waals surface area contributed by atoms with Crippen molar-refractivity contribution in [3.05, 3.63) is 39.4 Å². The predicted molar refractivity (Wildman–Crippen MR) is 68.3 cm³/mol. The van der Waals surface area contributed by atoms with Gasteiger partial charge in [-0.25, -0.2) is 4.39 Å². The minimum atomic E-state index is -1.16. The second kappa shape index (κ2) is 5.80. The molecule has 0 aliphatic carbocycles. The van der Waals surface area contributed by atoms with Gasteiger partial charge < -0.3 is 10.1 Å². The van der Waals surface area contributed by atoms with Gasteiger partial charge in [0.05, 0.1) is 4.92 Å². The molecule has 0 spiro atoms. The van der Waals surface area contributed by atoms with E-state index in [9.17, 15) is 18.9 Å². The third kappa shape index (κ3) is 3.29. The number of nitrogens with one attached hydrogen (secondary N) is 1. The first kappa shape index (κ1) is 14.8. The highest BCUT2D eigenvalue weighted by Crippen LogP contribution is 2.24. The van der Waals surface area contributed by atoms with Crippen molar-refractivity contribution in [3.63, 3.8) is 0 Å². The summed E-state index contributed by atoms with van der Waals surface area (Å²) >= 11 is 0. The molecule has 110 valence electrons. The number of rotatable bonds is 4. The number of hydrogen-bond acceptors (Lipinski definition) is 4. The molecule has 0 radical (unpaired) electrons.